The van der Waals surface area contributed by atoms with Crippen LogP contribution in [0.5, 0.6) is 0 Å². The van der Waals surface area contributed by atoms with E-state index in [-0.39, 0.29) is 5.82 Å². The second-order valence-electron chi connectivity index (χ2n) is 4.78. The summed E-state index contributed by atoms with van der Waals surface area (Å²) in [6.45, 7) is 2.84. The average Bonchev–Trinajstić information content (AvgIpc) is 2.86. The van der Waals surface area contributed by atoms with Crippen molar-refractivity contribution in [3.63, 3.8) is 0 Å². The predicted molar refractivity (Wildman–Crippen MR) is 72.4 cm³/mol. The molecule has 1 aromatic heterocycles. The van der Waals surface area contributed by atoms with Crippen molar-refractivity contribution in [3.8, 4) is 0 Å². The molecular weight excluding hydrogens is 243 g/mol. The van der Waals surface area contributed by atoms with Crippen molar-refractivity contribution in [2.45, 2.75) is 19.5 Å². The van der Waals surface area contributed by atoms with Gasteiger partial charge in [-0.25, -0.2) is 9.37 Å². The molecule has 0 unspecified atom stereocenters. The number of halogens is 1. The van der Waals surface area contributed by atoms with Gasteiger partial charge in [-0.2, -0.15) is 0 Å². The monoisotopic (exact) mass is 260 g/mol. The Morgan fingerprint density at radius 2 is 2.21 bits per heavy atom. The third-order valence-corrected chi connectivity index (χ3v) is 3.53. The molecule has 1 aliphatic heterocycles. The lowest BCUT2D eigenvalue weighted by molar-refractivity contribution is 0.543. The first-order valence-electron chi connectivity index (χ1n) is 6.51. The summed E-state index contributed by atoms with van der Waals surface area (Å²) in [6, 6.07) is 5.38. The highest BCUT2D eigenvalue weighted by molar-refractivity contribution is 5.49. The SMILES string of the molecule is NCCc1ccc(N2CCn3ccnc3C2)c(F)c1. The van der Waals surface area contributed by atoms with Crippen LogP contribution in [0.3, 0.4) is 0 Å². The zero-order chi connectivity index (χ0) is 13.2. The summed E-state index contributed by atoms with van der Waals surface area (Å²) in [5.41, 5.74) is 7.08. The van der Waals surface area contributed by atoms with E-state index in [0.29, 0.717) is 25.2 Å². The van der Waals surface area contributed by atoms with Crippen LogP contribution < -0.4 is 10.6 Å². The van der Waals surface area contributed by atoms with Gasteiger partial charge in [-0.1, -0.05) is 6.07 Å². The molecule has 0 saturated carbocycles. The third-order valence-electron chi connectivity index (χ3n) is 3.53. The zero-order valence-electron chi connectivity index (χ0n) is 10.7. The molecule has 2 N–H and O–H groups in total. The number of fused-ring (bicyclic) bond motifs is 1. The van der Waals surface area contributed by atoms with Crippen molar-refractivity contribution in [1.29, 1.82) is 0 Å². The molecule has 4 nitrogen and oxygen atoms in total. The van der Waals surface area contributed by atoms with Gasteiger partial charge in [0.2, 0.25) is 0 Å². The van der Waals surface area contributed by atoms with Gasteiger partial charge in [0.25, 0.3) is 0 Å². The minimum absolute atomic E-state index is 0.175. The van der Waals surface area contributed by atoms with Gasteiger partial charge < -0.3 is 15.2 Å². The van der Waals surface area contributed by atoms with E-state index < -0.39 is 0 Å². The summed E-state index contributed by atoms with van der Waals surface area (Å²) < 4.78 is 16.3. The molecule has 3 rings (SSSR count). The summed E-state index contributed by atoms with van der Waals surface area (Å²) in [5.74, 6) is 0.808. The van der Waals surface area contributed by atoms with Gasteiger partial charge in [-0.15, -0.1) is 0 Å². The molecule has 5 heteroatoms. The van der Waals surface area contributed by atoms with E-state index in [0.717, 1.165) is 24.5 Å². The van der Waals surface area contributed by atoms with Gasteiger partial charge in [-0.05, 0) is 30.7 Å². The van der Waals surface area contributed by atoms with Crippen LogP contribution in [0.2, 0.25) is 0 Å². The molecule has 0 atom stereocenters. The first kappa shape index (κ1) is 12.2. The van der Waals surface area contributed by atoms with E-state index in [2.05, 4.69) is 9.55 Å². The van der Waals surface area contributed by atoms with Crippen molar-refractivity contribution < 1.29 is 4.39 Å². The Balaban J connectivity index is 1.83. The second-order valence-corrected chi connectivity index (χ2v) is 4.78. The van der Waals surface area contributed by atoms with Crippen LogP contribution in [0.15, 0.2) is 30.6 Å². The van der Waals surface area contributed by atoms with Gasteiger partial charge in [0.05, 0.1) is 12.2 Å². The smallest absolute Gasteiger partial charge is 0.146 e. The summed E-state index contributed by atoms with van der Waals surface area (Å²) in [5, 5.41) is 0. The van der Waals surface area contributed by atoms with Gasteiger partial charge in [0.15, 0.2) is 0 Å². The standard InChI is InChI=1S/C14H17FN4/c15-12-9-11(3-4-16)1-2-13(12)19-8-7-18-6-5-17-14(18)10-19/h1-2,5-6,9H,3-4,7-8,10,16H2. The van der Waals surface area contributed by atoms with Crippen LogP contribution in [0.25, 0.3) is 0 Å². The lowest BCUT2D eigenvalue weighted by atomic mass is 10.1. The van der Waals surface area contributed by atoms with Crippen LogP contribution in [-0.4, -0.2) is 22.6 Å². The van der Waals surface area contributed by atoms with E-state index in [1.807, 2.05) is 23.2 Å². The van der Waals surface area contributed by atoms with Crippen molar-refractivity contribution in [3.05, 3.63) is 47.8 Å². The molecule has 0 aliphatic carbocycles. The van der Waals surface area contributed by atoms with E-state index in [1.165, 1.54) is 0 Å². The molecular formula is C14H17FN4. The number of imidazole rings is 1. The Labute approximate surface area is 111 Å². The molecule has 1 aliphatic rings. The van der Waals surface area contributed by atoms with E-state index in [4.69, 9.17) is 5.73 Å². The summed E-state index contributed by atoms with van der Waals surface area (Å²) >= 11 is 0. The van der Waals surface area contributed by atoms with Crippen LogP contribution >= 0.6 is 0 Å². The number of nitrogens with zero attached hydrogens (tertiary/aromatic N) is 3. The highest BCUT2D eigenvalue weighted by Gasteiger charge is 2.19. The molecule has 0 saturated heterocycles. The molecule has 0 bridgehead atoms. The summed E-state index contributed by atoms with van der Waals surface area (Å²) in [4.78, 5) is 6.32. The van der Waals surface area contributed by atoms with Crippen LogP contribution in [0.1, 0.15) is 11.4 Å². The number of aromatic nitrogens is 2. The number of hydrogen-bond donors (Lipinski definition) is 1. The van der Waals surface area contributed by atoms with Gasteiger partial charge >= 0.3 is 0 Å². The zero-order valence-corrected chi connectivity index (χ0v) is 10.7. The quantitative estimate of drug-likeness (QED) is 0.910. The Bertz CT molecular complexity index is 579. The average molecular weight is 260 g/mol. The third kappa shape index (κ3) is 2.33. The summed E-state index contributed by atoms with van der Waals surface area (Å²) in [7, 11) is 0. The van der Waals surface area contributed by atoms with Crippen LogP contribution in [-0.2, 0) is 19.5 Å². The molecule has 0 amide bonds. The maximum Gasteiger partial charge on any atom is 0.146 e. The minimum atomic E-state index is -0.175. The maximum atomic E-state index is 14.2. The Morgan fingerprint density at radius 3 is 3.00 bits per heavy atom. The van der Waals surface area contributed by atoms with Crippen LogP contribution in [0.4, 0.5) is 10.1 Å². The van der Waals surface area contributed by atoms with Gasteiger partial charge in [-0.3, -0.25) is 0 Å². The Kier molecular flexibility index (Phi) is 3.21. The van der Waals surface area contributed by atoms with Gasteiger partial charge in [0, 0.05) is 25.5 Å². The fourth-order valence-electron chi connectivity index (χ4n) is 2.51. The molecule has 19 heavy (non-hydrogen) atoms. The fourth-order valence-corrected chi connectivity index (χ4v) is 2.51. The molecule has 100 valence electrons. The summed E-state index contributed by atoms with van der Waals surface area (Å²) in [6.07, 6.45) is 4.47. The number of nitrogens with two attached hydrogens (primary N) is 1. The van der Waals surface area contributed by atoms with Crippen molar-refractivity contribution >= 4 is 5.69 Å². The highest BCUT2D eigenvalue weighted by atomic mass is 19.1. The number of hydrogen-bond acceptors (Lipinski definition) is 3. The molecule has 0 spiro atoms. The fraction of sp³-hybridized carbons (Fsp3) is 0.357. The minimum Gasteiger partial charge on any atom is -0.360 e. The normalized spacial score (nSPS) is 14.5. The number of benzene rings is 1. The first-order chi connectivity index (χ1) is 9.28. The number of anilines is 1. The molecule has 2 heterocycles. The van der Waals surface area contributed by atoms with Crippen molar-refractivity contribution in [2.75, 3.05) is 18.0 Å². The lowest BCUT2D eigenvalue weighted by Gasteiger charge is -2.30. The molecule has 2 aromatic rings. The largest absolute Gasteiger partial charge is 0.360 e. The predicted octanol–water partition coefficient (Wildman–Crippen LogP) is 1.54. The van der Waals surface area contributed by atoms with Gasteiger partial charge in [0.1, 0.15) is 11.6 Å². The first-order valence-corrected chi connectivity index (χ1v) is 6.51. The second kappa shape index (κ2) is 5.01. The Hall–Kier alpha value is -1.88. The highest BCUT2D eigenvalue weighted by Crippen LogP contribution is 2.24. The van der Waals surface area contributed by atoms with E-state index >= 15 is 0 Å². The van der Waals surface area contributed by atoms with Crippen molar-refractivity contribution in [2.24, 2.45) is 5.73 Å². The molecule has 0 fully saturated rings. The topological polar surface area (TPSA) is 47.1 Å². The van der Waals surface area contributed by atoms with Crippen molar-refractivity contribution in [1.82, 2.24) is 9.55 Å². The lowest BCUT2D eigenvalue weighted by Crippen LogP contribution is -2.34. The molecule has 1 aromatic carbocycles. The molecule has 0 radical (unpaired) electrons. The number of rotatable bonds is 3. The Morgan fingerprint density at radius 1 is 1.32 bits per heavy atom. The van der Waals surface area contributed by atoms with Crippen LogP contribution in [0, 0.1) is 5.82 Å². The maximum absolute atomic E-state index is 14.2. The van der Waals surface area contributed by atoms with E-state index in [9.17, 15) is 4.39 Å². The van der Waals surface area contributed by atoms with E-state index in [1.54, 1.807) is 12.3 Å².